The highest BCUT2D eigenvalue weighted by Crippen LogP contribution is 2.11. The summed E-state index contributed by atoms with van der Waals surface area (Å²) >= 11 is 0. The molecule has 0 aliphatic heterocycles. The molecule has 0 saturated heterocycles. The van der Waals surface area contributed by atoms with Gasteiger partial charge in [0.25, 0.3) is 0 Å². The van der Waals surface area contributed by atoms with E-state index in [0.29, 0.717) is 12.1 Å². The Morgan fingerprint density at radius 3 is 2.50 bits per heavy atom. The predicted octanol–water partition coefficient (Wildman–Crippen LogP) is 2.19. The van der Waals surface area contributed by atoms with Crippen LogP contribution in [0.5, 0.6) is 0 Å². The topological polar surface area (TPSA) is 21.3 Å². The molecular formula is C12H23NO. The molecule has 0 rings (SSSR count). The second-order valence-electron chi connectivity index (χ2n) is 3.42. The fourth-order valence-electron chi connectivity index (χ4n) is 1.65. The van der Waals surface area contributed by atoms with E-state index in [1.54, 1.807) is 0 Å². The van der Waals surface area contributed by atoms with Crippen LogP contribution < -0.4 is 5.32 Å². The number of ether oxygens (including phenoxy) is 1. The number of nitrogens with one attached hydrogen (secondary N) is 1. The molecule has 0 amide bonds. The fourth-order valence-corrected chi connectivity index (χ4v) is 1.65. The lowest BCUT2D eigenvalue weighted by Gasteiger charge is -2.26. The molecule has 0 bridgehead atoms. The third-order valence-corrected chi connectivity index (χ3v) is 2.37. The zero-order chi connectivity index (χ0) is 10.8. The summed E-state index contributed by atoms with van der Waals surface area (Å²) < 4.78 is 5.70. The van der Waals surface area contributed by atoms with E-state index in [1.165, 1.54) is 0 Å². The fraction of sp³-hybridized carbons (Fsp3) is 0.833. The van der Waals surface area contributed by atoms with Gasteiger partial charge in [0.05, 0.1) is 6.10 Å². The molecule has 2 heteroatoms. The first-order chi connectivity index (χ1) is 6.79. The van der Waals surface area contributed by atoms with Gasteiger partial charge in [-0.1, -0.05) is 13.3 Å². The lowest BCUT2D eigenvalue weighted by molar-refractivity contribution is 0.0282. The minimum atomic E-state index is 0.309. The van der Waals surface area contributed by atoms with Gasteiger partial charge in [0.1, 0.15) is 0 Å². The highest BCUT2D eigenvalue weighted by molar-refractivity contribution is 4.87. The molecule has 0 heterocycles. The van der Waals surface area contributed by atoms with E-state index in [9.17, 15) is 0 Å². The quantitative estimate of drug-likeness (QED) is 0.602. The molecule has 0 aliphatic carbocycles. The van der Waals surface area contributed by atoms with E-state index < -0.39 is 0 Å². The monoisotopic (exact) mass is 197 g/mol. The average molecular weight is 197 g/mol. The minimum Gasteiger partial charge on any atom is -0.377 e. The van der Waals surface area contributed by atoms with E-state index in [1.807, 2.05) is 14.0 Å². The number of hydrogen-bond donors (Lipinski definition) is 1. The number of terminal acetylenes is 1. The molecular weight excluding hydrogens is 174 g/mol. The van der Waals surface area contributed by atoms with Crippen LogP contribution in [0.3, 0.4) is 0 Å². The smallest absolute Gasteiger partial charge is 0.0728 e. The zero-order valence-electron chi connectivity index (χ0n) is 9.68. The van der Waals surface area contributed by atoms with Crippen molar-refractivity contribution in [1.29, 1.82) is 0 Å². The predicted molar refractivity (Wildman–Crippen MR) is 61.2 cm³/mol. The van der Waals surface area contributed by atoms with Gasteiger partial charge in [-0.2, -0.15) is 0 Å². The molecule has 0 saturated carbocycles. The Morgan fingerprint density at radius 2 is 2.07 bits per heavy atom. The van der Waals surface area contributed by atoms with Gasteiger partial charge < -0.3 is 10.1 Å². The molecule has 0 aromatic rings. The number of hydrogen-bond acceptors (Lipinski definition) is 2. The van der Waals surface area contributed by atoms with Gasteiger partial charge in [0, 0.05) is 19.1 Å². The van der Waals surface area contributed by atoms with Crippen LogP contribution in [0, 0.1) is 12.3 Å². The molecule has 0 aliphatic rings. The van der Waals surface area contributed by atoms with Gasteiger partial charge in [-0.15, -0.1) is 12.3 Å². The van der Waals surface area contributed by atoms with E-state index in [4.69, 9.17) is 11.2 Å². The lowest BCUT2D eigenvalue weighted by atomic mass is 10.0. The molecule has 0 spiro atoms. The Balaban J connectivity index is 4.04. The van der Waals surface area contributed by atoms with Crippen molar-refractivity contribution in [2.24, 2.45) is 0 Å². The second kappa shape index (κ2) is 9.05. The van der Waals surface area contributed by atoms with Crippen LogP contribution in [0.4, 0.5) is 0 Å². The molecule has 0 aromatic carbocycles. The van der Waals surface area contributed by atoms with Crippen LogP contribution in [-0.4, -0.2) is 25.8 Å². The third-order valence-electron chi connectivity index (χ3n) is 2.37. The molecule has 0 aromatic heterocycles. The summed E-state index contributed by atoms with van der Waals surface area (Å²) in [7, 11) is 1.98. The van der Waals surface area contributed by atoms with Gasteiger partial charge in [0.2, 0.25) is 0 Å². The minimum absolute atomic E-state index is 0.309. The largest absolute Gasteiger partial charge is 0.377 e. The Morgan fingerprint density at radius 1 is 1.36 bits per heavy atom. The maximum absolute atomic E-state index is 5.70. The number of rotatable bonds is 8. The van der Waals surface area contributed by atoms with Crippen molar-refractivity contribution < 1.29 is 4.74 Å². The van der Waals surface area contributed by atoms with E-state index in [2.05, 4.69) is 18.2 Å². The summed E-state index contributed by atoms with van der Waals surface area (Å²) in [4.78, 5) is 0. The van der Waals surface area contributed by atoms with Crippen LogP contribution in [0.15, 0.2) is 0 Å². The van der Waals surface area contributed by atoms with Gasteiger partial charge in [0.15, 0.2) is 0 Å². The highest BCUT2D eigenvalue weighted by Gasteiger charge is 2.18. The third kappa shape index (κ3) is 5.26. The van der Waals surface area contributed by atoms with Crippen molar-refractivity contribution >= 4 is 0 Å². The first-order valence-electron chi connectivity index (χ1n) is 5.52. The summed E-state index contributed by atoms with van der Waals surface area (Å²) in [6.07, 6.45) is 9.64. The maximum Gasteiger partial charge on any atom is 0.0728 e. The first kappa shape index (κ1) is 13.5. The Bertz CT molecular complexity index is 156. The first-order valence-corrected chi connectivity index (χ1v) is 5.52. The summed E-state index contributed by atoms with van der Waals surface area (Å²) in [6.45, 7) is 5.00. The molecule has 14 heavy (non-hydrogen) atoms. The van der Waals surface area contributed by atoms with Gasteiger partial charge >= 0.3 is 0 Å². The van der Waals surface area contributed by atoms with Crippen LogP contribution in [0.2, 0.25) is 0 Å². The summed E-state index contributed by atoms with van der Waals surface area (Å²) in [5.41, 5.74) is 0. The standard InChI is InChI=1S/C12H23NO/c1-5-8-10-11(13-4)12(9-6-2)14-7-3/h1,11-13H,6-10H2,2-4H3. The molecule has 0 fully saturated rings. The molecule has 2 nitrogen and oxygen atoms in total. The highest BCUT2D eigenvalue weighted by atomic mass is 16.5. The van der Waals surface area contributed by atoms with Crippen molar-refractivity contribution in [1.82, 2.24) is 5.32 Å². The lowest BCUT2D eigenvalue weighted by Crippen LogP contribution is -2.39. The summed E-state index contributed by atoms with van der Waals surface area (Å²) in [5.74, 6) is 2.68. The average Bonchev–Trinajstić information content (AvgIpc) is 2.19. The maximum atomic E-state index is 5.70. The Kier molecular flexibility index (Phi) is 8.72. The van der Waals surface area contributed by atoms with Crippen LogP contribution in [-0.2, 0) is 4.74 Å². The van der Waals surface area contributed by atoms with Gasteiger partial charge in [-0.25, -0.2) is 0 Å². The summed E-state index contributed by atoms with van der Waals surface area (Å²) in [6, 6.07) is 0.394. The van der Waals surface area contributed by atoms with Crippen molar-refractivity contribution in [2.45, 2.75) is 51.7 Å². The van der Waals surface area contributed by atoms with Crippen LogP contribution >= 0.6 is 0 Å². The van der Waals surface area contributed by atoms with Crippen molar-refractivity contribution in [3.05, 3.63) is 0 Å². The van der Waals surface area contributed by atoms with E-state index in [-0.39, 0.29) is 0 Å². The molecule has 0 radical (unpaired) electrons. The molecule has 2 atom stereocenters. The van der Waals surface area contributed by atoms with Crippen molar-refractivity contribution in [3.63, 3.8) is 0 Å². The zero-order valence-corrected chi connectivity index (χ0v) is 9.68. The van der Waals surface area contributed by atoms with Gasteiger partial charge in [-0.3, -0.25) is 0 Å². The second-order valence-corrected chi connectivity index (χ2v) is 3.42. The van der Waals surface area contributed by atoms with Crippen molar-refractivity contribution in [3.8, 4) is 12.3 Å². The van der Waals surface area contributed by atoms with Gasteiger partial charge in [-0.05, 0) is 26.8 Å². The molecule has 1 N–H and O–H groups in total. The Hall–Kier alpha value is -0.520. The Labute approximate surface area is 88.4 Å². The number of likely N-dealkylation sites (N-methyl/N-ethyl adjacent to an activating group) is 1. The van der Waals surface area contributed by atoms with E-state index in [0.717, 1.165) is 32.3 Å². The normalized spacial score (nSPS) is 14.7. The van der Waals surface area contributed by atoms with Crippen LogP contribution in [0.25, 0.3) is 0 Å². The summed E-state index contributed by atoms with van der Waals surface area (Å²) in [5, 5.41) is 3.29. The van der Waals surface area contributed by atoms with Crippen LogP contribution in [0.1, 0.15) is 39.5 Å². The molecule has 82 valence electrons. The van der Waals surface area contributed by atoms with Crippen molar-refractivity contribution in [2.75, 3.05) is 13.7 Å². The van der Waals surface area contributed by atoms with E-state index >= 15 is 0 Å². The SMILES string of the molecule is C#CCCC(NC)C(CCC)OCC. The molecule has 2 unspecified atom stereocenters.